The van der Waals surface area contributed by atoms with E-state index >= 15 is 0 Å². The van der Waals surface area contributed by atoms with Gasteiger partial charge >= 0.3 is 0 Å². The second-order valence-corrected chi connectivity index (χ2v) is 3.75. The molecule has 0 bridgehead atoms. The highest BCUT2D eigenvalue weighted by molar-refractivity contribution is 6.30. The largest absolute Gasteiger partial charge is 0.486 e. The van der Waals surface area contributed by atoms with E-state index in [9.17, 15) is 0 Å². The Morgan fingerprint density at radius 2 is 2.00 bits per heavy atom. The fraction of sp³-hybridized carbons (Fsp3) is 0.400. The SMILES string of the molecule is N[C@@H]1COC[C@H]1Oc1ccc(Cl)cc1. The van der Waals surface area contributed by atoms with Crippen molar-refractivity contribution < 1.29 is 9.47 Å². The molecule has 3 nitrogen and oxygen atoms in total. The molecule has 1 fully saturated rings. The Labute approximate surface area is 87.8 Å². The number of benzene rings is 1. The predicted molar refractivity (Wildman–Crippen MR) is 54.7 cm³/mol. The molecule has 76 valence electrons. The molecule has 1 aliphatic rings. The predicted octanol–water partition coefficient (Wildman–Crippen LogP) is 1.44. The van der Waals surface area contributed by atoms with Gasteiger partial charge in [0.05, 0.1) is 19.3 Å². The van der Waals surface area contributed by atoms with Gasteiger partial charge < -0.3 is 15.2 Å². The fourth-order valence-corrected chi connectivity index (χ4v) is 1.49. The smallest absolute Gasteiger partial charge is 0.139 e. The minimum atomic E-state index is -0.0452. The van der Waals surface area contributed by atoms with E-state index in [0.717, 1.165) is 5.75 Å². The minimum absolute atomic E-state index is 0.0364. The Morgan fingerprint density at radius 3 is 2.57 bits per heavy atom. The van der Waals surface area contributed by atoms with E-state index in [2.05, 4.69) is 0 Å². The molecule has 1 heterocycles. The van der Waals surface area contributed by atoms with Gasteiger partial charge in [-0.05, 0) is 24.3 Å². The molecule has 0 aromatic heterocycles. The molecule has 2 N–H and O–H groups in total. The lowest BCUT2D eigenvalue weighted by molar-refractivity contribution is 0.140. The van der Waals surface area contributed by atoms with E-state index in [-0.39, 0.29) is 12.1 Å². The summed E-state index contributed by atoms with van der Waals surface area (Å²) >= 11 is 5.75. The van der Waals surface area contributed by atoms with E-state index < -0.39 is 0 Å². The summed E-state index contributed by atoms with van der Waals surface area (Å²) in [5.74, 6) is 0.778. The molecule has 14 heavy (non-hydrogen) atoms. The molecule has 0 saturated carbocycles. The van der Waals surface area contributed by atoms with Crippen molar-refractivity contribution in [1.29, 1.82) is 0 Å². The van der Waals surface area contributed by atoms with Gasteiger partial charge in [-0.25, -0.2) is 0 Å². The van der Waals surface area contributed by atoms with Gasteiger partial charge in [0.1, 0.15) is 11.9 Å². The summed E-state index contributed by atoms with van der Waals surface area (Å²) in [6.45, 7) is 1.13. The van der Waals surface area contributed by atoms with Crippen molar-refractivity contribution in [2.24, 2.45) is 5.73 Å². The highest BCUT2D eigenvalue weighted by atomic mass is 35.5. The van der Waals surface area contributed by atoms with Crippen molar-refractivity contribution in [1.82, 2.24) is 0 Å². The minimum Gasteiger partial charge on any atom is -0.486 e. The van der Waals surface area contributed by atoms with E-state index in [1.807, 2.05) is 12.1 Å². The Kier molecular flexibility index (Phi) is 2.91. The Hall–Kier alpha value is -0.770. The maximum atomic E-state index is 5.78. The first-order valence-corrected chi connectivity index (χ1v) is 4.89. The van der Waals surface area contributed by atoms with Crippen LogP contribution < -0.4 is 10.5 Å². The van der Waals surface area contributed by atoms with E-state index in [4.69, 9.17) is 26.8 Å². The zero-order chi connectivity index (χ0) is 9.97. The van der Waals surface area contributed by atoms with Crippen LogP contribution in [0.15, 0.2) is 24.3 Å². The molecule has 1 aliphatic heterocycles. The van der Waals surface area contributed by atoms with Crippen molar-refractivity contribution in [2.75, 3.05) is 13.2 Å². The molecule has 1 aromatic carbocycles. The van der Waals surface area contributed by atoms with Crippen LogP contribution >= 0.6 is 11.6 Å². The molecule has 2 rings (SSSR count). The van der Waals surface area contributed by atoms with Crippen molar-refractivity contribution in [3.63, 3.8) is 0 Å². The first-order chi connectivity index (χ1) is 6.75. The molecule has 0 aliphatic carbocycles. The van der Waals surface area contributed by atoms with Gasteiger partial charge in [-0.2, -0.15) is 0 Å². The van der Waals surface area contributed by atoms with Gasteiger partial charge in [0.15, 0.2) is 0 Å². The number of nitrogens with two attached hydrogens (primary N) is 1. The lowest BCUT2D eigenvalue weighted by Crippen LogP contribution is -2.37. The molecule has 0 unspecified atom stereocenters. The summed E-state index contributed by atoms with van der Waals surface area (Å²) in [6, 6.07) is 7.20. The van der Waals surface area contributed by atoms with Crippen LogP contribution in [-0.2, 0) is 4.74 Å². The first-order valence-electron chi connectivity index (χ1n) is 4.51. The average Bonchev–Trinajstić information content (AvgIpc) is 2.56. The number of hydrogen-bond acceptors (Lipinski definition) is 3. The maximum absolute atomic E-state index is 5.78. The molecular weight excluding hydrogens is 202 g/mol. The molecule has 1 aromatic rings. The molecule has 0 radical (unpaired) electrons. The molecule has 4 heteroatoms. The highest BCUT2D eigenvalue weighted by Gasteiger charge is 2.26. The van der Waals surface area contributed by atoms with Crippen molar-refractivity contribution in [2.45, 2.75) is 12.1 Å². The van der Waals surface area contributed by atoms with Crippen molar-refractivity contribution in [3.05, 3.63) is 29.3 Å². The number of hydrogen-bond donors (Lipinski definition) is 1. The third-order valence-corrected chi connectivity index (χ3v) is 2.42. The quantitative estimate of drug-likeness (QED) is 0.809. The van der Waals surface area contributed by atoms with Crippen LogP contribution in [0, 0.1) is 0 Å². The number of rotatable bonds is 2. The van der Waals surface area contributed by atoms with Gasteiger partial charge in [0.2, 0.25) is 0 Å². The van der Waals surface area contributed by atoms with Crippen molar-refractivity contribution >= 4 is 11.6 Å². The molecule has 1 saturated heterocycles. The van der Waals surface area contributed by atoms with Gasteiger partial charge in [-0.3, -0.25) is 0 Å². The van der Waals surface area contributed by atoms with Crippen LogP contribution in [0.2, 0.25) is 5.02 Å². The van der Waals surface area contributed by atoms with Gasteiger partial charge in [0.25, 0.3) is 0 Å². The Bertz CT molecular complexity index is 301. The maximum Gasteiger partial charge on any atom is 0.139 e. The van der Waals surface area contributed by atoms with Gasteiger partial charge in [-0.1, -0.05) is 11.6 Å². The summed E-state index contributed by atoms with van der Waals surface area (Å²) in [6.07, 6.45) is -0.0452. The molecule has 0 amide bonds. The topological polar surface area (TPSA) is 44.5 Å². The van der Waals surface area contributed by atoms with Gasteiger partial charge in [0, 0.05) is 5.02 Å². The van der Waals surface area contributed by atoms with E-state index in [1.54, 1.807) is 12.1 Å². The van der Waals surface area contributed by atoms with Crippen LogP contribution in [0.5, 0.6) is 5.75 Å². The van der Waals surface area contributed by atoms with E-state index in [1.165, 1.54) is 0 Å². The van der Waals surface area contributed by atoms with E-state index in [0.29, 0.717) is 18.2 Å². The van der Waals surface area contributed by atoms with Gasteiger partial charge in [-0.15, -0.1) is 0 Å². The normalized spacial score (nSPS) is 26.4. The summed E-state index contributed by atoms with van der Waals surface area (Å²) < 4.78 is 10.8. The lowest BCUT2D eigenvalue weighted by Gasteiger charge is -2.15. The summed E-state index contributed by atoms with van der Waals surface area (Å²) in [7, 11) is 0. The Balaban J connectivity index is 2.00. The lowest BCUT2D eigenvalue weighted by atomic mass is 10.2. The fourth-order valence-electron chi connectivity index (χ4n) is 1.36. The Morgan fingerprint density at radius 1 is 1.29 bits per heavy atom. The standard InChI is InChI=1S/C10H12ClNO2/c11-7-1-3-8(4-2-7)14-10-6-13-5-9(10)12/h1-4,9-10H,5-6,12H2/t9-,10-/m1/s1. The second kappa shape index (κ2) is 4.17. The third kappa shape index (κ3) is 2.18. The van der Waals surface area contributed by atoms with Crippen LogP contribution in [0.25, 0.3) is 0 Å². The zero-order valence-electron chi connectivity index (χ0n) is 7.65. The zero-order valence-corrected chi connectivity index (χ0v) is 8.41. The summed E-state index contributed by atoms with van der Waals surface area (Å²) in [5, 5.41) is 0.698. The molecular formula is C10H12ClNO2. The average molecular weight is 214 g/mol. The van der Waals surface area contributed by atoms with Crippen molar-refractivity contribution in [3.8, 4) is 5.75 Å². The summed E-state index contributed by atoms with van der Waals surface area (Å²) in [5.41, 5.74) is 5.78. The van der Waals surface area contributed by atoms with Crippen LogP contribution in [0.4, 0.5) is 0 Å². The summed E-state index contributed by atoms with van der Waals surface area (Å²) in [4.78, 5) is 0. The third-order valence-electron chi connectivity index (χ3n) is 2.17. The van der Waals surface area contributed by atoms with Crippen LogP contribution in [-0.4, -0.2) is 25.4 Å². The van der Waals surface area contributed by atoms with Crippen LogP contribution in [0.1, 0.15) is 0 Å². The monoisotopic (exact) mass is 213 g/mol. The highest BCUT2D eigenvalue weighted by Crippen LogP contribution is 2.19. The number of ether oxygens (including phenoxy) is 2. The molecule has 0 spiro atoms. The second-order valence-electron chi connectivity index (χ2n) is 3.31. The molecule has 2 atom stereocenters. The van der Waals surface area contributed by atoms with Crippen LogP contribution in [0.3, 0.4) is 0 Å². The number of halogens is 1. The first kappa shape index (κ1) is 9.77.